The van der Waals surface area contributed by atoms with Crippen molar-refractivity contribution in [3.05, 3.63) is 76.9 Å². The van der Waals surface area contributed by atoms with Gasteiger partial charge in [-0.3, -0.25) is 19.5 Å². The molecule has 0 aliphatic carbocycles. The van der Waals surface area contributed by atoms with Crippen molar-refractivity contribution in [2.24, 2.45) is 5.73 Å². The second kappa shape index (κ2) is 16.6. The molecule has 0 spiro atoms. The highest BCUT2D eigenvalue weighted by molar-refractivity contribution is 5.94. The first-order valence-electron chi connectivity index (χ1n) is 12.6. The molecule has 0 fully saturated rings. The van der Waals surface area contributed by atoms with Gasteiger partial charge in [-0.05, 0) is 43.0 Å². The topological polar surface area (TPSA) is 140 Å². The first kappa shape index (κ1) is 31.0. The van der Waals surface area contributed by atoms with Crippen molar-refractivity contribution in [3.63, 3.8) is 0 Å². The van der Waals surface area contributed by atoms with Crippen LogP contribution in [-0.4, -0.2) is 45.4 Å². The average molecular weight is 510 g/mol. The van der Waals surface area contributed by atoms with Crippen molar-refractivity contribution in [3.8, 4) is 5.75 Å². The quantitative estimate of drug-likeness (QED) is 0.358. The third-order valence-electron chi connectivity index (χ3n) is 5.05. The van der Waals surface area contributed by atoms with Crippen LogP contribution in [0.3, 0.4) is 0 Å². The number of nitrogens with two attached hydrogens (primary N) is 1. The van der Waals surface area contributed by atoms with Gasteiger partial charge in [0, 0.05) is 12.8 Å². The SMILES string of the molecule is CC.CC.CC(=O)[C@H](COc1ccc(CCC(N)=O)cc1C)NC(=O)c1n[nH]c(Cc2ccccc2)n1. The Balaban J connectivity index is 0.00000163. The molecule has 3 aromatic rings. The highest BCUT2D eigenvalue weighted by atomic mass is 16.5. The molecule has 0 aliphatic rings. The molecule has 1 heterocycles. The van der Waals surface area contributed by atoms with Crippen LogP contribution in [0.5, 0.6) is 5.75 Å². The van der Waals surface area contributed by atoms with Crippen LogP contribution in [0.1, 0.15) is 74.2 Å². The largest absolute Gasteiger partial charge is 0.491 e. The lowest BCUT2D eigenvalue weighted by atomic mass is 10.1. The number of aromatic nitrogens is 3. The first-order valence-corrected chi connectivity index (χ1v) is 12.6. The fraction of sp³-hybridized carbons (Fsp3) is 0.393. The lowest BCUT2D eigenvalue weighted by molar-refractivity contribution is -0.119. The van der Waals surface area contributed by atoms with Gasteiger partial charge in [0.25, 0.3) is 5.91 Å². The number of amides is 2. The number of hydrogen-bond donors (Lipinski definition) is 3. The van der Waals surface area contributed by atoms with Gasteiger partial charge in [0.1, 0.15) is 24.2 Å². The fourth-order valence-electron chi connectivity index (χ4n) is 3.22. The van der Waals surface area contributed by atoms with E-state index in [4.69, 9.17) is 10.5 Å². The van der Waals surface area contributed by atoms with Crippen LogP contribution < -0.4 is 15.8 Å². The van der Waals surface area contributed by atoms with Crippen LogP contribution in [0, 0.1) is 6.92 Å². The second-order valence-electron chi connectivity index (χ2n) is 7.78. The summed E-state index contributed by atoms with van der Waals surface area (Å²) in [5.74, 6) is -0.0730. The number of H-pyrrole nitrogens is 1. The number of carbonyl (C=O) groups excluding carboxylic acids is 3. The summed E-state index contributed by atoms with van der Waals surface area (Å²) in [6.45, 7) is 11.2. The molecular weight excluding hydrogens is 470 g/mol. The van der Waals surface area contributed by atoms with Crippen molar-refractivity contribution in [2.45, 2.75) is 66.8 Å². The highest BCUT2D eigenvalue weighted by Crippen LogP contribution is 2.20. The Kier molecular flexibility index (Phi) is 13.9. The zero-order valence-corrected chi connectivity index (χ0v) is 22.6. The smallest absolute Gasteiger partial charge is 0.291 e. The van der Waals surface area contributed by atoms with E-state index < -0.39 is 11.9 Å². The Bertz CT molecular complexity index is 1130. The number of rotatable bonds is 11. The maximum Gasteiger partial charge on any atom is 0.291 e. The molecule has 2 amide bonds. The van der Waals surface area contributed by atoms with Gasteiger partial charge in [-0.1, -0.05) is 70.2 Å². The van der Waals surface area contributed by atoms with Crippen LogP contribution in [-0.2, 0) is 22.4 Å². The van der Waals surface area contributed by atoms with E-state index in [2.05, 4.69) is 20.5 Å². The first-order chi connectivity index (χ1) is 17.8. The molecule has 0 unspecified atom stereocenters. The zero-order valence-electron chi connectivity index (χ0n) is 22.6. The lowest BCUT2D eigenvalue weighted by Gasteiger charge is -2.17. The molecule has 9 nitrogen and oxygen atoms in total. The number of aryl methyl sites for hydroxylation is 2. The second-order valence-corrected chi connectivity index (χ2v) is 7.78. The number of benzene rings is 2. The summed E-state index contributed by atoms with van der Waals surface area (Å²) in [4.78, 5) is 39.8. The Labute approximate surface area is 219 Å². The van der Waals surface area contributed by atoms with Gasteiger partial charge in [0.2, 0.25) is 11.7 Å². The van der Waals surface area contributed by atoms with E-state index in [0.717, 1.165) is 16.7 Å². The van der Waals surface area contributed by atoms with Crippen LogP contribution in [0.25, 0.3) is 0 Å². The van der Waals surface area contributed by atoms with Crippen LogP contribution in [0.15, 0.2) is 48.5 Å². The predicted octanol–water partition coefficient (Wildman–Crippen LogP) is 3.94. The normalized spacial score (nSPS) is 10.6. The molecule has 4 N–H and O–H groups in total. The predicted molar refractivity (Wildman–Crippen MR) is 144 cm³/mol. The maximum absolute atomic E-state index is 12.6. The highest BCUT2D eigenvalue weighted by Gasteiger charge is 2.22. The monoisotopic (exact) mass is 509 g/mol. The van der Waals surface area contributed by atoms with Crippen molar-refractivity contribution >= 4 is 17.6 Å². The Morgan fingerprint density at radius 2 is 1.70 bits per heavy atom. The van der Waals surface area contributed by atoms with Gasteiger partial charge in [0.05, 0.1) is 0 Å². The molecule has 0 saturated carbocycles. The summed E-state index contributed by atoms with van der Waals surface area (Å²) in [6.07, 6.45) is 1.33. The van der Waals surface area contributed by atoms with Crippen molar-refractivity contribution in [2.75, 3.05) is 6.61 Å². The summed E-state index contributed by atoms with van der Waals surface area (Å²) in [5.41, 5.74) is 8.04. The van der Waals surface area contributed by atoms with Gasteiger partial charge < -0.3 is 15.8 Å². The number of ketones is 1. The van der Waals surface area contributed by atoms with E-state index >= 15 is 0 Å². The number of aromatic amines is 1. The Morgan fingerprint density at radius 1 is 1.03 bits per heavy atom. The van der Waals surface area contributed by atoms with Crippen molar-refractivity contribution < 1.29 is 19.1 Å². The number of primary amides is 1. The summed E-state index contributed by atoms with van der Waals surface area (Å²) < 4.78 is 5.79. The van der Waals surface area contributed by atoms with E-state index in [1.807, 2.05) is 77.1 Å². The molecule has 0 radical (unpaired) electrons. The van der Waals surface area contributed by atoms with Gasteiger partial charge in [0.15, 0.2) is 5.78 Å². The minimum absolute atomic E-state index is 0.0379. The van der Waals surface area contributed by atoms with E-state index in [1.54, 1.807) is 6.07 Å². The lowest BCUT2D eigenvalue weighted by Crippen LogP contribution is -2.44. The number of nitrogens with zero attached hydrogens (tertiary/aromatic N) is 2. The molecule has 0 saturated heterocycles. The number of hydrogen-bond acceptors (Lipinski definition) is 6. The fourth-order valence-corrected chi connectivity index (χ4v) is 3.22. The molecule has 2 aromatic carbocycles. The molecule has 1 aromatic heterocycles. The van der Waals surface area contributed by atoms with Crippen molar-refractivity contribution in [1.82, 2.24) is 20.5 Å². The summed E-state index contributed by atoms with van der Waals surface area (Å²) >= 11 is 0. The Hall–Kier alpha value is -4.01. The molecule has 9 heteroatoms. The molecule has 1 atom stereocenters. The average Bonchev–Trinajstić information content (AvgIpc) is 3.37. The number of carbonyl (C=O) groups is 3. The molecular formula is C28H39N5O4. The maximum atomic E-state index is 12.6. The van der Waals surface area contributed by atoms with E-state index in [9.17, 15) is 14.4 Å². The van der Waals surface area contributed by atoms with Gasteiger partial charge in [-0.25, -0.2) is 4.98 Å². The molecule has 200 valence electrons. The van der Waals surface area contributed by atoms with Gasteiger partial charge in [-0.2, -0.15) is 0 Å². The molecule has 3 rings (SSSR count). The molecule has 0 bridgehead atoms. The van der Waals surface area contributed by atoms with E-state index in [0.29, 0.717) is 24.4 Å². The minimum Gasteiger partial charge on any atom is -0.491 e. The van der Waals surface area contributed by atoms with Gasteiger partial charge >= 0.3 is 0 Å². The number of nitrogens with one attached hydrogen (secondary N) is 2. The molecule has 0 aliphatic heterocycles. The third kappa shape index (κ3) is 10.6. The minimum atomic E-state index is -0.859. The van der Waals surface area contributed by atoms with E-state index in [-0.39, 0.29) is 30.5 Å². The van der Waals surface area contributed by atoms with Crippen LogP contribution in [0.4, 0.5) is 0 Å². The summed E-state index contributed by atoms with van der Waals surface area (Å²) in [6, 6.07) is 14.3. The van der Waals surface area contributed by atoms with Gasteiger partial charge in [-0.15, -0.1) is 5.10 Å². The number of Topliss-reactive ketones (excluding diaryl/α,β-unsaturated/α-hetero) is 1. The van der Waals surface area contributed by atoms with Crippen molar-refractivity contribution in [1.29, 1.82) is 0 Å². The third-order valence-corrected chi connectivity index (χ3v) is 5.05. The molecule has 37 heavy (non-hydrogen) atoms. The number of ether oxygens (including phenoxy) is 1. The van der Waals surface area contributed by atoms with Crippen LogP contribution >= 0.6 is 0 Å². The van der Waals surface area contributed by atoms with E-state index in [1.165, 1.54) is 6.92 Å². The zero-order chi connectivity index (χ0) is 27.8. The standard InChI is InChI=1S/C24H27N5O4.2C2H6/c1-15-12-18(9-11-21(25)31)8-10-20(15)33-14-19(16(2)30)26-24(32)23-27-22(28-29-23)13-17-6-4-3-5-7-17;2*1-2/h3-8,10,12,19H,9,11,13-14H2,1-2H3,(H2,25,31)(H,26,32)(H,27,28,29);2*1-2H3/t19-;;/m0../s1. The summed E-state index contributed by atoms with van der Waals surface area (Å²) in [5, 5.41) is 9.36. The summed E-state index contributed by atoms with van der Waals surface area (Å²) in [7, 11) is 0. The Morgan fingerprint density at radius 3 is 2.30 bits per heavy atom. The van der Waals surface area contributed by atoms with Crippen LogP contribution in [0.2, 0.25) is 0 Å².